The van der Waals surface area contributed by atoms with Gasteiger partial charge in [-0.05, 0) is 35.9 Å². The molecule has 242 valence electrons. The van der Waals surface area contributed by atoms with E-state index in [1.165, 1.54) is 41.1 Å². The van der Waals surface area contributed by atoms with E-state index in [0.717, 1.165) is 29.1 Å². The van der Waals surface area contributed by atoms with Gasteiger partial charge in [-0.1, -0.05) is 23.7 Å². The van der Waals surface area contributed by atoms with Crippen molar-refractivity contribution in [2.45, 2.75) is 32.3 Å². The fraction of sp³-hybridized carbons (Fsp3) is 0.172. The summed E-state index contributed by atoms with van der Waals surface area (Å²) in [6, 6.07) is 10.3. The van der Waals surface area contributed by atoms with E-state index in [-0.39, 0.29) is 76.1 Å². The number of ether oxygens (including phenoxy) is 1. The number of alkyl halides is 3. The second-order valence-electron chi connectivity index (χ2n) is 10.1. The average molecular weight is 677 g/mol. The van der Waals surface area contributed by atoms with Crippen LogP contribution in [0, 0.1) is 17.5 Å². The molecule has 18 heteroatoms. The van der Waals surface area contributed by atoms with Gasteiger partial charge in [0.1, 0.15) is 36.4 Å². The van der Waals surface area contributed by atoms with E-state index in [1.54, 1.807) is 0 Å². The van der Waals surface area contributed by atoms with Gasteiger partial charge in [-0.25, -0.2) is 33.0 Å². The van der Waals surface area contributed by atoms with Gasteiger partial charge >= 0.3 is 11.9 Å². The third kappa shape index (κ3) is 7.19. The summed E-state index contributed by atoms with van der Waals surface area (Å²) in [6.07, 6.45) is -2.76. The number of nitrogens with one attached hydrogen (secondary N) is 1. The molecule has 2 aromatic carbocycles. The average Bonchev–Trinajstić information content (AvgIpc) is 3.74. The fourth-order valence-corrected chi connectivity index (χ4v) is 4.78. The number of hydrogen-bond acceptors (Lipinski definition) is 8. The molecule has 0 fully saturated rings. The van der Waals surface area contributed by atoms with Crippen molar-refractivity contribution >= 4 is 11.6 Å². The highest BCUT2D eigenvalue weighted by Gasteiger charge is 2.29. The lowest BCUT2D eigenvalue weighted by Gasteiger charge is -2.14. The lowest BCUT2D eigenvalue weighted by molar-refractivity contribution is -0.141. The first-order valence-electron chi connectivity index (χ1n) is 13.5. The summed E-state index contributed by atoms with van der Waals surface area (Å²) < 4.78 is 97.1. The van der Waals surface area contributed by atoms with Crippen molar-refractivity contribution in [2.75, 3.05) is 0 Å². The summed E-state index contributed by atoms with van der Waals surface area (Å²) >= 11 is 5.77. The Hall–Kier alpha value is -5.45. The van der Waals surface area contributed by atoms with Crippen LogP contribution in [-0.2, 0) is 26.1 Å². The summed E-state index contributed by atoms with van der Waals surface area (Å²) in [6.45, 7) is -1.86. The number of aromatic nitrogens is 8. The summed E-state index contributed by atoms with van der Waals surface area (Å²) in [7, 11) is 0. The maximum atomic E-state index is 15.5. The van der Waals surface area contributed by atoms with Gasteiger partial charge in [0.2, 0.25) is 11.7 Å². The highest BCUT2D eigenvalue weighted by atomic mass is 35.5. The zero-order valence-corrected chi connectivity index (χ0v) is 24.4. The summed E-state index contributed by atoms with van der Waals surface area (Å²) in [5.41, 5.74) is -0.0795. The van der Waals surface area contributed by atoms with Crippen molar-refractivity contribution in [1.29, 1.82) is 0 Å². The Morgan fingerprint density at radius 1 is 0.979 bits per heavy atom. The minimum absolute atomic E-state index is 0.0144. The number of imidazole rings is 1. The second kappa shape index (κ2) is 12.7. The zero-order valence-electron chi connectivity index (χ0n) is 23.6. The maximum Gasteiger partial charge on any atom is 0.434 e. The van der Waals surface area contributed by atoms with Gasteiger partial charge in [-0.3, -0.25) is 0 Å². The van der Waals surface area contributed by atoms with Gasteiger partial charge in [-0.2, -0.15) is 13.2 Å². The normalized spacial score (nSPS) is 11.7. The van der Waals surface area contributed by atoms with Crippen LogP contribution in [0.5, 0.6) is 5.88 Å². The third-order valence-corrected chi connectivity index (χ3v) is 7.03. The lowest BCUT2D eigenvalue weighted by Crippen LogP contribution is -2.20. The first-order valence-corrected chi connectivity index (χ1v) is 13.9. The molecule has 0 bridgehead atoms. The number of H-pyrrole nitrogens is 1. The van der Waals surface area contributed by atoms with Gasteiger partial charge in [-0.15, -0.1) is 15.3 Å². The number of pyridine rings is 1. The number of benzene rings is 2. The Labute approximate surface area is 264 Å². The minimum Gasteiger partial charge on any atom is -0.473 e. The number of rotatable bonds is 10. The smallest absolute Gasteiger partial charge is 0.434 e. The third-order valence-electron chi connectivity index (χ3n) is 6.80. The predicted molar refractivity (Wildman–Crippen MR) is 152 cm³/mol. The largest absolute Gasteiger partial charge is 0.473 e. The molecular formula is C29H19ClF6N8O3. The molecule has 0 unspecified atom stereocenters. The molecule has 6 rings (SSSR count). The molecule has 4 aromatic heterocycles. The second-order valence-corrected chi connectivity index (χ2v) is 10.5. The van der Waals surface area contributed by atoms with Gasteiger partial charge in [0.05, 0.1) is 24.3 Å². The molecule has 1 N–H and O–H groups in total. The number of hydrogen-bond donors (Lipinski definition) is 1. The van der Waals surface area contributed by atoms with E-state index in [9.17, 15) is 22.4 Å². The van der Waals surface area contributed by atoms with Crippen LogP contribution in [0.2, 0.25) is 5.02 Å². The lowest BCUT2D eigenvalue weighted by atomic mass is 10.0. The van der Waals surface area contributed by atoms with Crippen molar-refractivity contribution in [2.24, 2.45) is 0 Å². The molecule has 0 aliphatic rings. The molecule has 6 aromatic rings. The molecule has 0 amide bonds. The van der Waals surface area contributed by atoms with Crippen LogP contribution in [0.3, 0.4) is 0 Å². The van der Waals surface area contributed by atoms with Crippen LogP contribution in [0.25, 0.3) is 23.0 Å². The van der Waals surface area contributed by atoms with Crippen LogP contribution in [-0.4, -0.2) is 45.7 Å². The summed E-state index contributed by atoms with van der Waals surface area (Å²) in [5, 5.41) is 13.9. The highest BCUT2D eigenvalue weighted by molar-refractivity contribution is 6.30. The molecule has 47 heavy (non-hydrogen) atoms. The van der Waals surface area contributed by atoms with Crippen molar-refractivity contribution in [3.63, 3.8) is 0 Å². The van der Waals surface area contributed by atoms with Crippen LogP contribution in [0.4, 0.5) is 26.3 Å². The molecule has 0 radical (unpaired) electrons. The van der Waals surface area contributed by atoms with Gasteiger partial charge in [0.25, 0.3) is 5.89 Å². The Morgan fingerprint density at radius 2 is 1.79 bits per heavy atom. The van der Waals surface area contributed by atoms with Crippen LogP contribution < -0.4 is 10.5 Å². The number of nitrogens with zero attached hydrogens (tertiary/aromatic N) is 7. The van der Waals surface area contributed by atoms with E-state index in [1.807, 2.05) is 0 Å². The van der Waals surface area contributed by atoms with Gasteiger partial charge in [0.15, 0.2) is 0 Å². The van der Waals surface area contributed by atoms with Crippen molar-refractivity contribution < 1.29 is 35.5 Å². The standard InChI is InChI=1S/C29H19ClF6N8O3/c30-17-5-4-15(20(31)8-17)12-46-25-3-1-2-23(38-25)19-9-21(32)16(6-22(19)33)7-24-39-40-26(27-41-42-28(45)47-27)44(24)11-18-10-37-14-43(18)13-29(34,35)36/h1-6,8-10,14H,7,11-13H2,(H,42,45). The topological polar surface area (TPSA) is 130 Å². The predicted octanol–water partition coefficient (Wildman–Crippen LogP) is 5.73. The summed E-state index contributed by atoms with van der Waals surface area (Å²) in [5.74, 6) is -3.71. The molecule has 0 saturated carbocycles. The maximum absolute atomic E-state index is 15.5. The number of halogens is 7. The zero-order chi connectivity index (χ0) is 33.3. The van der Waals surface area contributed by atoms with Crippen molar-refractivity contribution in [3.05, 3.63) is 117 Å². The minimum atomic E-state index is -4.55. The number of aromatic amines is 1. The van der Waals surface area contributed by atoms with Crippen LogP contribution >= 0.6 is 11.6 Å². The quantitative estimate of drug-likeness (QED) is 0.182. The molecule has 0 aliphatic carbocycles. The Morgan fingerprint density at radius 3 is 2.53 bits per heavy atom. The molecule has 0 atom stereocenters. The molecule has 4 heterocycles. The van der Waals surface area contributed by atoms with E-state index < -0.39 is 35.9 Å². The first-order chi connectivity index (χ1) is 22.4. The highest BCUT2D eigenvalue weighted by Crippen LogP contribution is 2.28. The van der Waals surface area contributed by atoms with Crippen molar-refractivity contribution in [1.82, 2.24) is 39.5 Å². The first kappa shape index (κ1) is 31.5. The van der Waals surface area contributed by atoms with E-state index in [2.05, 4.69) is 30.4 Å². The molecule has 0 aliphatic heterocycles. The SMILES string of the molecule is O=c1[nH]nc(-c2nnc(Cc3cc(F)c(-c4cccc(OCc5ccc(Cl)cc5F)n4)cc3F)n2Cc2cncn2CC(F)(F)F)o1. The fourth-order valence-electron chi connectivity index (χ4n) is 4.62. The van der Waals surface area contributed by atoms with Gasteiger partial charge < -0.3 is 18.3 Å². The monoisotopic (exact) mass is 676 g/mol. The summed E-state index contributed by atoms with van der Waals surface area (Å²) in [4.78, 5) is 19.6. The molecule has 0 saturated heterocycles. The van der Waals surface area contributed by atoms with Crippen LogP contribution in [0.15, 0.2) is 70.3 Å². The van der Waals surface area contributed by atoms with Gasteiger partial charge in [0, 0.05) is 34.8 Å². The molecule has 11 nitrogen and oxygen atoms in total. The van der Waals surface area contributed by atoms with Crippen LogP contribution in [0.1, 0.15) is 22.6 Å². The Bertz CT molecular complexity index is 2120. The Kier molecular flexibility index (Phi) is 8.55. The molecular weight excluding hydrogens is 658 g/mol. The van der Waals surface area contributed by atoms with E-state index in [4.69, 9.17) is 20.8 Å². The van der Waals surface area contributed by atoms with E-state index >= 15 is 8.78 Å². The Balaban J connectivity index is 1.28. The van der Waals surface area contributed by atoms with E-state index in [0.29, 0.717) is 0 Å². The molecule has 0 spiro atoms. The van der Waals surface area contributed by atoms with Crippen molar-refractivity contribution in [3.8, 4) is 28.9 Å².